The molecule has 1 heterocycles. The fraction of sp³-hybridized carbons (Fsp3) is 0.640. The lowest BCUT2D eigenvalue weighted by Gasteiger charge is -2.56. The van der Waals surface area contributed by atoms with Crippen molar-refractivity contribution in [3.63, 3.8) is 0 Å². The Morgan fingerprint density at radius 1 is 1.03 bits per heavy atom. The van der Waals surface area contributed by atoms with Gasteiger partial charge in [0.2, 0.25) is 5.91 Å². The number of benzene rings is 1. The smallest absolute Gasteiger partial charge is 0.329 e. The number of carbonyl (C=O) groups is 3. The summed E-state index contributed by atoms with van der Waals surface area (Å²) in [5.41, 5.74) is 1.53. The highest BCUT2D eigenvalue weighted by atomic mass is 16.5. The Hall–Kier alpha value is -2.37. The Labute approximate surface area is 183 Å². The number of nitrogens with zero attached hydrogens (tertiary/aromatic N) is 1. The lowest BCUT2D eigenvalue weighted by molar-refractivity contribution is -0.165. The molecule has 0 aromatic heterocycles. The Morgan fingerprint density at radius 3 is 2.26 bits per heavy atom. The second kappa shape index (κ2) is 7.95. The van der Waals surface area contributed by atoms with Gasteiger partial charge in [0.25, 0.3) is 5.91 Å². The lowest BCUT2D eigenvalue weighted by atomic mass is 9.49. The molecule has 1 saturated heterocycles. The first-order valence-corrected chi connectivity index (χ1v) is 11.8. The first-order chi connectivity index (χ1) is 14.9. The predicted molar refractivity (Wildman–Crippen MR) is 116 cm³/mol. The van der Waals surface area contributed by atoms with E-state index in [1.54, 1.807) is 4.90 Å². The fourth-order valence-electron chi connectivity index (χ4n) is 7.00. The summed E-state index contributed by atoms with van der Waals surface area (Å²) < 4.78 is 5.34. The molecule has 5 aliphatic rings. The molecule has 6 rings (SSSR count). The van der Waals surface area contributed by atoms with E-state index in [1.807, 2.05) is 31.2 Å². The van der Waals surface area contributed by atoms with Crippen molar-refractivity contribution < 1.29 is 19.1 Å². The molecule has 1 atom stereocenters. The van der Waals surface area contributed by atoms with Crippen LogP contribution in [-0.2, 0) is 19.1 Å². The van der Waals surface area contributed by atoms with Gasteiger partial charge in [-0.15, -0.1) is 0 Å². The standard InChI is InChI=1S/C25H32N2O4/c1-16-4-6-20(7-5-16)26-22(28)15-31-23(29)21-3-2-8-27(21)24(30)25-12-17-9-18(13-25)11-19(10-17)14-25/h4-7,17-19,21H,2-3,8-15H2,1H3,(H,26,28). The molecule has 6 nitrogen and oxygen atoms in total. The van der Waals surface area contributed by atoms with E-state index in [9.17, 15) is 14.4 Å². The van der Waals surface area contributed by atoms with Crippen LogP contribution in [0.25, 0.3) is 0 Å². The molecule has 6 heteroatoms. The molecule has 1 unspecified atom stereocenters. The van der Waals surface area contributed by atoms with Crippen LogP contribution in [0.3, 0.4) is 0 Å². The molecule has 1 aliphatic heterocycles. The second-order valence-corrected chi connectivity index (χ2v) is 10.4. The van der Waals surface area contributed by atoms with Gasteiger partial charge >= 0.3 is 5.97 Å². The summed E-state index contributed by atoms with van der Waals surface area (Å²) in [6, 6.07) is 6.91. The summed E-state index contributed by atoms with van der Waals surface area (Å²) in [5, 5.41) is 2.74. The molecule has 31 heavy (non-hydrogen) atoms. The van der Waals surface area contributed by atoms with Gasteiger partial charge < -0.3 is 15.0 Å². The summed E-state index contributed by atoms with van der Waals surface area (Å²) in [6.45, 7) is 2.27. The van der Waals surface area contributed by atoms with Gasteiger partial charge in [-0.2, -0.15) is 0 Å². The van der Waals surface area contributed by atoms with Gasteiger partial charge in [0.05, 0.1) is 5.41 Å². The number of anilines is 1. The Morgan fingerprint density at radius 2 is 1.65 bits per heavy atom. The number of carbonyl (C=O) groups excluding carboxylic acids is 3. The van der Waals surface area contributed by atoms with Crippen LogP contribution in [-0.4, -0.2) is 41.9 Å². The molecule has 1 aromatic carbocycles. The van der Waals surface area contributed by atoms with E-state index < -0.39 is 12.0 Å². The van der Waals surface area contributed by atoms with Crippen molar-refractivity contribution >= 4 is 23.5 Å². The summed E-state index contributed by atoms with van der Waals surface area (Å²) >= 11 is 0. The minimum atomic E-state index is -0.548. The van der Waals surface area contributed by atoms with Gasteiger partial charge in [0, 0.05) is 12.2 Å². The quantitative estimate of drug-likeness (QED) is 0.732. The van der Waals surface area contributed by atoms with E-state index in [0.717, 1.165) is 31.2 Å². The summed E-state index contributed by atoms with van der Waals surface area (Å²) in [6.07, 6.45) is 8.28. The van der Waals surface area contributed by atoms with Crippen molar-refractivity contribution in [2.75, 3.05) is 18.5 Å². The molecule has 1 N–H and O–H groups in total. The maximum absolute atomic E-state index is 13.7. The van der Waals surface area contributed by atoms with Crippen molar-refractivity contribution in [1.82, 2.24) is 4.90 Å². The number of rotatable bonds is 5. The average molecular weight is 425 g/mol. The highest BCUT2D eigenvalue weighted by Crippen LogP contribution is 2.60. The zero-order chi connectivity index (χ0) is 21.6. The topological polar surface area (TPSA) is 75.7 Å². The molecule has 4 saturated carbocycles. The number of aryl methyl sites for hydroxylation is 1. The molecule has 1 aromatic rings. The number of ether oxygens (including phenoxy) is 1. The fourth-order valence-corrected chi connectivity index (χ4v) is 7.00. The van der Waals surface area contributed by atoms with E-state index in [1.165, 1.54) is 19.3 Å². The zero-order valence-corrected chi connectivity index (χ0v) is 18.3. The van der Waals surface area contributed by atoms with Crippen LogP contribution >= 0.6 is 0 Å². The largest absolute Gasteiger partial charge is 0.454 e. The van der Waals surface area contributed by atoms with Crippen LogP contribution in [0, 0.1) is 30.1 Å². The van der Waals surface area contributed by atoms with Crippen LogP contribution < -0.4 is 5.32 Å². The number of esters is 1. The molecular weight excluding hydrogens is 392 g/mol. The molecule has 0 radical (unpaired) electrons. The van der Waals surface area contributed by atoms with Crippen molar-refractivity contribution in [3.05, 3.63) is 29.8 Å². The second-order valence-electron chi connectivity index (χ2n) is 10.4. The summed E-state index contributed by atoms with van der Waals surface area (Å²) in [4.78, 5) is 40.4. The highest BCUT2D eigenvalue weighted by molar-refractivity contribution is 5.94. The normalized spacial score (nSPS) is 33.4. The lowest BCUT2D eigenvalue weighted by Crippen LogP contribution is -2.56. The van der Waals surface area contributed by atoms with Crippen LogP contribution in [0.15, 0.2) is 24.3 Å². The van der Waals surface area contributed by atoms with Crippen LogP contribution in [0.4, 0.5) is 5.69 Å². The van der Waals surface area contributed by atoms with Crippen molar-refractivity contribution in [2.45, 2.75) is 64.3 Å². The van der Waals surface area contributed by atoms with E-state index >= 15 is 0 Å². The van der Waals surface area contributed by atoms with Crippen LogP contribution in [0.5, 0.6) is 0 Å². The molecule has 2 amide bonds. The SMILES string of the molecule is Cc1ccc(NC(=O)COC(=O)C2CCCN2C(=O)C23CC4CC(CC(C4)C2)C3)cc1. The van der Waals surface area contributed by atoms with Gasteiger partial charge in [0.15, 0.2) is 6.61 Å². The van der Waals surface area contributed by atoms with E-state index in [4.69, 9.17) is 4.74 Å². The third-order valence-electron chi connectivity index (χ3n) is 7.96. The molecule has 166 valence electrons. The number of nitrogens with one attached hydrogen (secondary N) is 1. The summed E-state index contributed by atoms with van der Waals surface area (Å²) in [7, 11) is 0. The number of hydrogen-bond donors (Lipinski definition) is 1. The molecule has 5 fully saturated rings. The minimum Gasteiger partial charge on any atom is -0.454 e. The van der Waals surface area contributed by atoms with Gasteiger partial charge in [-0.05, 0) is 88.2 Å². The molecular formula is C25H32N2O4. The Kier molecular flexibility index (Phi) is 5.27. The monoisotopic (exact) mass is 424 g/mol. The van der Waals surface area contributed by atoms with E-state index in [0.29, 0.717) is 36.4 Å². The number of amides is 2. The van der Waals surface area contributed by atoms with E-state index in [-0.39, 0.29) is 23.8 Å². The van der Waals surface area contributed by atoms with E-state index in [2.05, 4.69) is 5.32 Å². The van der Waals surface area contributed by atoms with Gasteiger partial charge in [-0.25, -0.2) is 4.79 Å². The van der Waals surface area contributed by atoms with Gasteiger partial charge in [-0.3, -0.25) is 9.59 Å². The zero-order valence-electron chi connectivity index (χ0n) is 18.3. The van der Waals surface area contributed by atoms with Crippen molar-refractivity contribution in [2.24, 2.45) is 23.2 Å². The maximum Gasteiger partial charge on any atom is 0.329 e. The third-order valence-corrected chi connectivity index (χ3v) is 7.96. The van der Waals surface area contributed by atoms with Crippen molar-refractivity contribution in [3.8, 4) is 0 Å². The van der Waals surface area contributed by atoms with Crippen LogP contribution in [0.2, 0.25) is 0 Å². The third kappa shape index (κ3) is 3.97. The molecule has 4 aliphatic carbocycles. The summed E-state index contributed by atoms with van der Waals surface area (Å²) in [5.74, 6) is 1.43. The average Bonchev–Trinajstić information content (AvgIpc) is 3.22. The maximum atomic E-state index is 13.7. The molecule has 0 spiro atoms. The number of likely N-dealkylation sites (tertiary alicyclic amines) is 1. The Balaban J connectivity index is 1.19. The first kappa shape index (κ1) is 20.5. The minimum absolute atomic E-state index is 0.176. The Bertz CT molecular complexity index is 843. The van der Waals surface area contributed by atoms with Gasteiger partial charge in [-0.1, -0.05) is 17.7 Å². The predicted octanol–water partition coefficient (Wildman–Crippen LogP) is 3.68. The van der Waals surface area contributed by atoms with Crippen LogP contribution in [0.1, 0.15) is 56.9 Å². The first-order valence-electron chi connectivity index (χ1n) is 11.8. The van der Waals surface area contributed by atoms with Crippen molar-refractivity contribution in [1.29, 1.82) is 0 Å². The number of hydrogen-bond acceptors (Lipinski definition) is 4. The van der Waals surface area contributed by atoms with Gasteiger partial charge in [0.1, 0.15) is 6.04 Å². The molecule has 4 bridgehead atoms. The highest BCUT2D eigenvalue weighted by Gasteiger charge is 2.57.